The quantitative estimate of drug-likeness (QED) is 0.671. The Morgan fingerprint density at radius 1 is 1.23 bits per heavy atom. The van der Waals surface area contributed by atoms with Crippen LogP contribution in [-0.2, 0) is 13.6 Å². The third-order valence-corrected chi connectivity index (χ3v) is 6.03. The van der Waals surface area contributed by atoms with Gasteiger partial charge in [0.2, 0.25) is 0 Å². The van der Waals surface area contributed by atoms with Crippen molar-refractivity contribution in [3.8, 4) is 0 Å². The predicted molar refractivity (Wildman–Crippen MR) is 118 cm³/mol. The molecule has 1 aromatic carbocycles. The summed E-state index contributed by atoms with van der Waals surface area (Å²) < 4.78 is 1.52. The number of likely N-dealkylation sites (tertiary alicyclic amines) is 1. The van der Waals surface area contributed by atoms with Crippen LogP contribution in [0, 0.1) is 0 Å². The minimum Gasteiger partial charge on any atom is -0.357 e. The van der Waals surface area contributed by atoms with Gasteiger partial charge in [-0.05, 0) is 62.8 Å². The van der Waals surface area contributed by atoms with Gasteiger partial charge >= 0.3 is 5.69 Å². The minimum atomic E-state index is -0.195. The van der Waals surface area contributed by atoms with Gasteiger partial charge < -0.3 is 20.1 Å². The number of rotatable bonds is 5. The Morgan fingerprint density at radius 3 is 2.70 bits per heavy atom. The molecule has 1 aliphatic rings. The third-order valence-electron chi connectivity index (χ3n) is 6.03. The summed E-state index contributed by atoms with van der Waals surface area (Å²) in [7, 11) is 5.96. The van der Waals surface area contributed by atoms with Crippen LogP contribution in [0.1, 0.15) is 28.8 Å². The fourth-order valence-electron chi connectivity index (χ4n) is 3.96. The number of carbonyl (C=O) groups is 1. The number of carbonyl (C=O) groups excluding carboxylic acids is 1. The molecule has 1 aliphatic heterocycles. The molecule has 0 atom stereocenters. The number of aryl methyl sites for hydroxylation is 1. The fraction of sp³-hybridized carbons (Fsp3) is 0.409. The summed E-state index contributed by atoms with van der Waals surface area (Å²) in [6, 6.07) is 9.73. The fourth-order valence-corrected chi connectivity index (χ4v) is 3.96. The first-order valence-electron chi connectivity index (χ1n) is 10.3. The number of aromatic amines is 1. The van der Waals surface area contributed by atoms with Gasteiger partial charge in [-0.2, -0.15) is 0 Å². The maximum Gasteiger partial charge on any atom is 0.326 e. The van der Waals surface area contributed by atoms with E-state index in [1.54, 1.807) is 25.2 Å². The molecule has 2 aromatic heterocycles. The summed E-state index contributed by atoms with van der Waals surface area (Å²) >= 11 is 0. The number of nitrogens with one attached hydrogen (secondary N) is 2. The zero-order valence-corrected chi connectivity index (χ0v) is 17.7. The number of amides is 1. The van der Waals surface area contributed by atoms with Crippen molar-refractivity contribution >= 4 is 22.8 Å². The van der Waals surface area contributed by atoms with Gasteiger partial charge in [-0.15, -0.1) is 0 Å². The summed E-state index contributed by atoms with van der Waals surface area (Å²) in [5, 5.41) is 2.92. The van der Waals surface area contributed by atoms with Crippen LogP contribution in [0.3, 0.4) is 0 Å². The molecule has 0 aliphatic carbocycles. The average Bonchev–Trinajstić information content (AvgIpc) is 3.05. The first kappa shape index (κ1) is 20.2. The molecule has 0 unspecified atom stereocenters. The van der Waals surface area contributed by atoms with Crippen LogP contribution >= 0.6 is 0 Å². The van der Waals surface area contributed by atoms with Gasteiger partial charge in [0.1, 0.15) is 5.82 Å². The number of nitrogens with zero attached hydrogens (tertiary/aromatic N) is 4. The number of benzene rings is 1. The molecule has 1 saturated heterocycles. The number of imidazole rings is 1. The molecule has 3 heterocycles. The Labute approximate surface area is 175 Å². The lowest BCUT2D eigenvalue weighted by Gasteiger charge is -2.35. The zero-order chi connectivity index (χ0) is 21.3. The highest BCUT2D eigenvalue weighted by Crippen LogP contribution is 2.20. The van der Waals surface area contributed by atoms with E-state index in [4.69, 9.17) is 0 Å². The molecular weight excluding hydrogens is 380 g/mol. The van der Waals surface area contributed by atoms with E-state index in [1.165, 1.54) is 4.57 Å². The van der Waals surface area contributed by atoms with E-state index in [-0.39, 0.29) is 11.6 Å². The first-order valence-corrected chi connectivity index (χ1v) is 10.3. The van der Waals surface area contributed by atoms with Crippen LogP contribution in [0.5, 0.6) is 0 Å². The van der Waals surface area contributed by atoms with Gasteiger partial charge in [0, 0.05) is 38.4 Å². The van der Waals surface area contributed by atoms with Crippen molar-refractivity contribution < 1.29 is 4.79 Å². The van der Waals surface area contributed by atoms with Crippen molar-refractivity contribution in [1.82, 2.24) is 24.8 Å². The Balaban J connectivity index is 1.37. The lowest BCUT2D eigenvalue weighted by Crippen LogP contribution is -2.42. The minimum absolute atomic E-state index is 0.186. The third kappa shape index (κ3) is 4.09. The Hall–Kier alpha value is -3.13. The lowest BCUT2D eigenvalue weighted by molar-refractivity contribution is 0.0951. The molecule has 0 spiro atoms. The van der Waals surface area contributed by atoms with Gasteiger partial charge in [0.25, 0.3) is 5.91 Å². The molecule has 0 bridgehead atoms. The second-order valence-corrected chi connectivity index (χ2v) is 8.07. The molecule has 1 amide bonds. The SMILES string of the molecule is CN1CCC(N(C)c2ccc(CNC(=O)c3ccc4c(c3)[nH]c(=O)n4C)cn2)CC1. The zero-order valence-electron chi connectivity index (χ0n) is 17.7. The van der Waals surface area contributed by atoms with E-state index in [9.17, 15) is 9.59 Å². The molecule has 8 heteroatoms. The van der Waals surface area contributed by atoms with Crippen LogP contribution in [-0.4, -0.2) is 58.6 Å². The molecule has 2 N–H and O–H groups in total. The summed E-state index contributed by atoms with van der Waals surface area (Å²) in [5.74, 6) is 0.771. The number of hydrogen-bond acceptors (Lipinski definition) is 5. The van der Waals surface area contributed by atoms with E-state index in [1.807, 2.05) is 18.3 Å². The van der Waals surface area contributed by atoms with E-state index in [2.05, 4.69) is 39.2 Å². The Kier molecular flexibility index (Phi) is 5.59. The average molecular weight is 409 g/mol. The van der Waals surface area contributed by atoms with Crippen LogP contribution in [0.15, 0.2) is 41.3 Å². The maximum absolute atomic E-state index is 12.5. The number of aromatic nitrogens is 3. The van der Waals surface area contributed by atoms with E-state index < -0.39 is 0 Å². The maximum atomic E-state index is 12.5. The van der Waals surface area contributed by atoms with Crippen LogP contribution < -0.4 is 15.9 Å². The summed E-state index contributed by atoms with van der Waals surface area (Å²) in [6.45, 7) is 2.62. The number of piperidine rings is 1. The Bertz CT molecular complexity index is 1090. The smallest absolute Gasteiger partial charge is 0.326 e. The first-order chi connectivity index (χ1) is 14.4. The highest BCUT2D eigenvalue weighted by molar-refractivity contribution is 5.97. The highest BCUT2D eigenvalue weighted by Gasteiger charge is 2.21. The lowest BCUT2D eigenvalue weighted by atomic mass is 10.0. The summed E-state index contributed by atoms with van der Waals surface area (Å²) in [4.78, 5) is 36.2. The van der Waals surface area contributed by atoms with Crippen molar-refractivity contribution in [3.63, 3.8) is 0 Å². The number of hydrogen-bond donors (Lipinski definition) is 2. The number of H-pyrrole nitrogens is 1. The second kappa shape index (κ2) is 8.31. The molecule has 30 heavy (non-hydrogen) atoms. The standard InChI is InChI=1S/C22H28N6O2/c1-26-10-8-17(9-11-26)27(2)20-7-4-15(13-23-20)14-24-21(29)16-5-6-19-18(12-16)25-22(30)28(19)3/h4-7,12-13,17H,8-11,14H2,1-3H3,(H,24,29)(H,25,30). The second-order valence-electron chi connectivity index (χ2n) is 8.07. The van der Waals surface area contributed by atoms with Crippen molar-refractivity contribution in [1.29, 1.82) is 0 Å². The molecule has 0 radical (unpaired) electrons. The number of pyridine rings is 1. The molecule has 158 valence electrons. The van der Waals surface area contributed by atoms with Crippen LogP contribution in [0.4, 0.5) is 5.82 Å². The van der Waals surface area contributed by atoms with Crippen LogP contribution in [0.2, 0.25) is 0 Å². The summed E-state index contributed by atoms with van der Waals surface area (Å²) in [5.41, 5.74) is 2.68. The van der Waals surface area contributed by atoms with Gasteiger partial charge in [0.05, 0.1) is 11.0 Å². The van der Waals surface area contributed by atoms with E-state index >= 15 is 0 Å². The van der Waals surface area contributed by atoms with Gasteiger partial charge in [-0.25, -0.2) is 9.78 Å². The molecule has 1 fully saturated rings. The molecule has 8 nitrogen and oxygen atoms in total. The van der Waals surface area contributed by atoms with Crippen molar-refractivity contribution in [2.24, 2.45) is 7.05 Å². The summed E-state index contributed by atoms with van der Waals surface area (Å²) in [6.07, 6.45) is 4.10. The van der Waals surface area contributed by atoms with Crippen molar-refractivity contribution in [2.45, 2.75) is 25.4 Å². The Morgan fingerprint density at radius 2 is 2.00 bits per heavy atom. The van der Waals surface area contributed by atoms with E-state index in [0.717, 1.165) is 42.8 Å². The molecule has 3 aromatic rings. The normalized spacial score (nSPS) is 15.4. The molecule has 4 rings (SSSR count). The highest BCUT2D eigenvalue weighted by atomic mass is 16.2. The number of fused-ring (bicyclic) bond motifs is 1. The van der Waals surface area contributed by atoms with Gasteiger partial charge in [-0.1, -0.05) is 6.07 Å². The molecule has 0 saturated carbocycles. The topological polar surface area (TPSA) is 86.3 Å². The predicted octanol–water partition coefficient (Wildman–Crippen LogP) is 1.72. The largest absolute Gasteiger partial charge is 0.357 e. The van der Waals surface area contributed by atoms with Gasteiger partial charge in [-0.3, -0.25) is 9.36 Å². The van der Waals surface area contributed by atoms with E-state index in [0.29, 0.717) is 23.7 Å². The monoisotopic (exact) mass is 408 g/mol. The van der Waals surface area contributed by atoms with Gasteiger partial charge in [0.15, 0.2) is 0 Å². The van der Waals surface area contributed by atoms with Crippen molar-refractivity contribution in [2.75, 3.05) is 32.1 Å². The number of anilines is 1. The van der Waals surface area contributed by atoms with Crippen LogP contribution in [0.25, 0.3) is 11.0 Å². The molecular formula is C22H28N6O2. The van der Waals surface area contributed by atoms with Crippen molar-refractivity contribution in [3.05, 3.63) is 58.1 Å².